The van der Waals surface area contributed by atoms with E-state index in [1.54, 1.807) is 4.57 Å². The molecule has 4 aromatic rings. The Hall–Kier alpha value is -4.26. The number of rotatable bonds is 5. The number of hydrogen-bond donors (Lipinski definition) is 2. The van der Waals surface area contributed by atoms with Crippen molar-refractivity contribution in [3.63, 3.8) is 0 Å². The number of nitrogens with one attached hydrogen (secondary N) is 1. The summed E-state index contributed by atoms with van der Waals surface area (Å²) >= 11 is 0. The quantitative estimate of drug-likeness (QED) is 0.431. The van der Waals surface area contributed by atoms with Gasteiger partial charge in [0.1, 0.15) is 12.0 Å². The molecule has 0 saturated carbocycles. The van der Waals surface area contributed by atoms with Crippen LogP contribution in [0.2, 0.25) is 0 Å². The predicted octanol–water partition coefficient (Wildman–Crippen LogP) is 2.01. The molecule has 176 valence electrons. The second kappa shape index (κ2) is 10.3. The van der Waals surface area contributed by atoms with Crippen molar-refractivity contribution in [2.24, 2.45) is 0 Å². The summed E-state index contributed by atoms with van der Waals surface area (Å²) in [5.74, 6) is 6.61. The van der Waals surface area contributed by atoms with Crippen LogP contribution < -0.4 is 5.56 Å². The number of ether oxygens (including phenoxy) is 1. The largest absolute Gasteiger partial charge is 0.502 e. The summed E-state index contributed by atoms with van der Waals surface area (Å²) in [7, 11) is 0. The van der Waals surface area contributed by atoms with E-state index >= 15 is 0 Å². The molecule has 0 atom stereocenters. The fourth-order valence-electron chi connectivity index (χ4n) is 3.86. The number of benzene rings is 2. The highest BCUT2D eigenvalue weighted by molar-refractivity contribution is 5.57. The fraction of sp³-hybridized carbons (Fsp3) is 0.231. The van der Waals surface area contributed by atoms with Crippen LogP contribution >= 0.6 is 0 Å². The summed E-state index contributed by atoms with van der Waals surface area (Å²) in [4.78, 5) is 20.4. The molecule has 0 unspecified atom stereocenters. The van der Waals surface area contributed by atoms with Gasteiger partial charge in [0.2, 0.25) is 5.75 Å². The lowest BCUT2D eigenvalue weighted by molar-refractivity contribution is 0.0342. The third-order valence-electron chi connectivity index (χ3n) is 5.80. The minimum atomic E-state index is -0.584. The van der Waals surface area contributed by atoms with Crippen LogP contribution in [0.5, 0.6) is 5.75 Å². The highest BCUT2D eigenvalue weighted by Crippen LogP contribution is 2.19. The Kier molecular flexibility index (Phi) is 6.66. The monoisotopic (exact) mass is 468 g/mol. The van der Waals surface area contributed by atoms with Gasteiger partial charge in [0.05, 0.1) is 26.1 Å². The van der Waals surface area contributed by atoms with Crippen LogP contribution in [0.1, 0.15) is 22.4 Å². The molecular weight excluding hydrogens is 444 g/mol. The van der Waals surface area contributed by atoms with Gasteiger partial charge in [-0.3, -0.25) is 9.69 Å². The molecule has 1 aliphatic heterocycles. The van der Waals surface area contributed by atoms with E-state index in [2.05, 4.69) is 61.2 Å². The van der Waals surface area contributed by atoms with Gasteiger partial charge in [-0.1, -0.05) is 24.0 Å². The zero-order valence-corrected chi connectivity index (χ0v) is 19.0. The van der Waals surface area contributed by atoms with Crippen molar-refractivity contribution in [1.82, 2.24) is 29.6 Å². The van der Waals surface area contributed by atoms with E-state index in [0.717, 1.165) is 49.5 Å². The van der Waals surface area contributed by atoms with E-state index in [1.807, 2.05) is 24.3 Å². The maximum absolute atomic E-state index is 11.6. The van der Waals surface area contributed by atoms with Crippen LogP contribution in [0, 0.1) is 11.8 Å². The van der Waals surface area contributed by atoms with Crippen LogP contribution in [-0.2, 0) is 17.8 Å². The van der Waals surface area contributed by atoms with Crippen molar-refractivity contribution < 1.29 is 9.84 Å². The van der Waals surface area contributed by atoms with Gasteiger partial charge in [-0.05, 0) is 42.0 Å². The fourth-order valence-corrected chi connectivity index (χ4v) is 3.86. The van der Waals surface area contributed by atoms with Crippen molar-refractivity contribution in [1.29, 1.82) is 0 Å². The van der Waals surface area contributed by atoms with Crippen LogP contribution in [0.4, 0.5) is 0 Å². The number of H-pyrrole nitrogens is 1. The first kappa shape index (κ1) is 22.5. The molecular formula is C26H24N6O3. The van der Waals surface area contributed by atoms with Crippen molar-refractivity contribution in [2.45, 2.75) is 13.1 Å². The minimum absolute atomic E-state index is 0.168. The average Bonchev–Trinajstić information content (AvgIpc) is 3.35. The molecule has 9 heteroatoms. The van der Waals surface area contributed by atoms with Crippen LogP contribution in [0.3, 0.4) is 0 Å². The Bertz CT molecular complexity index is 1410. The van der Waals surface area contributed by atoms with E-state index < -0.39 is 11.3 Å². The van der Waals surface area contributed by atoms with E-state index in [1.165, 1.54) is 18.2 Å². The number of aromatic nitrogens is 5. The Morgan fingerprint density at radius 3 is 2.37 bits per heavy atom. The van der Waals surface area contributed by atoms with E-state index in [0.29, 0.717) is 5.82 Å². The van der Waals surface area contributed by atoms with Crippen LogP contribution in [0.25, 0.3) is 11.4 Å². The molecule has 1 aliphatic rings. The summed E-state index contributed by atoms with van der Waals surface area (Å²) in [5.41, 5.74) is 3.61. The third kappa shape index (κ3) is 5.46. The summed E-state index contributed by atoms with van der Waals surface area (Å²) in [6.07, 6.45) is 2.79. The Morgan fingerprint density at radius 2 is 1.66 bits per heavy atom. The van der Waals surface area contributed by atoms with Crippen molar-refractivity contribution >= 4 is 0 Å². The normalized spacial score (nSPS) is 13.8. The topological polar surface area (TPSA) is 109 Å². The van der Waals surface area contributed by atoms with Gasteiger partial charge in [-0.2, -0.15) is 0 Å². The Morgan fingerprint density at radius 1 is 0.971 bits per heavy atom. The highest BCUT2D eigenvalue weighted by Gasteiger charge is 2.13. The molecule has 2 aromatic carbocycles. The standard InChI is InChI=1S/C26H24N6O3/c33-24-23(27-17-28-26(24)34)16-32-18-29-30-25(32)22-9-7-20(8-10-22)2-1-19-3-5-21(6-4-19)15-31-11-13-35-14-12-31/h3-10,17-18,33H,11-16H2,(H,27,28,34). The van der Waals surface area contributed by atoms with Crippen LogP contribution in [-0.4, -0.2) is 61.0 Å². The molecule has 5 rings (SSSR count). The molecule has 1 saturated heterocycles. The second-order valence-corrected chi connectivity index (χ2v) is 8.22. The molecule has 0 spiro atoms. The summed E-state index contributed by atoms with van der Waals surface area (Å²) in [6.45, 7) is 4.64. The molecule has 0 bridgehead atoms. The smallest absolute Gasteiger partial charge is 0.293 e. The van der Waals surface area contributed by atoms with Gasteiger partial charge in [0, 0.05) is 36.3 Å². The van der Waals surface area contributed by atoms with Gasteiger partial charge < -0.3 is 19.4 Å². The Balaban J connectivity index is 1.26. The zero-order chi connectivity index (χ0) is 24.0. The molecule has 35 heavy (non-hydrogen) atoms. The molecule has 3 heterocycles. The number of hydrogen-bond acceptors (Lipinski definition) is 7. The molecule has 9 nitrogen and oxygen atoms in total. The first-order valence-electron chi connectivity index (χ1n) is 11.3. The second-order valence-electron chi connectivity index (χ2n) is 8.22. The molecule has 2 N–H and O–H groups in total. The molecule has 0 aliphatic carbocycles. The minimum Gasteiger partial charge on any atom is -0.502 e. The van der Waals surface area contributed by atoms with Crippen LogP contribution in [0.15, 0.2) is 66.0 Å². The van der Waals surface area contributed by atoms with Crippen molar-refractivity contribution in [3.05, 3.63) is 93.9 Å². The van der Waals surface area contributed by atoms with E-state index in [9.17, 15) is 9.90 Å². The van der Waals surface area contributed by atoms with Crippen molar-refractivity contribution in [2.75, 3.05) is 26.3 Å². The number of morpholine rings is 1. The van der Waals surface area contributed by atoms with Gasteiger partial charge in [-0.25, -0.2) is 4.98 Å². The van der Waals surface area contributed by atoms with E-state index in [-0.39, 0.29) is 12.2 Å². The molecule has 1 fully saturated rings. The lowest BCUT2D eigenvalue weighted by Gasteiger charge is -2.26. The van der Waals surface area contributed by atoms with Gasteiger partial charge >= 0.3 is 0 Å². The van der Waals surface area contributed by atoms with Gasteiger partial charge in [0.15, 0.2) is 5.82 Å². The van der Waals surface area contributed by atoms with E-state index in [4.69, 9.17) is 4.74 Å². The molecule has 2 aromatic heterocycles. The first-order valence-corrected chi connectivity index (χ1v) is 11.3. The van der Waals surface area contributed by atoms with Gasteiger partial charge in [-0.15, -0.1) is 10.2 Å². The van der Waals surface area contributed by atoms with Crippen molar-refractivity contribution in [3.8, 4) is 29.0 Å². The number of aromatic hydroxyl groups is 1. The third-order valence-corrected chi connectivity index (χ3v) is 5.80. The molecule has 0 radical (unpaired) electrons. The highest BCUT2D eigenvalue weighted by atomic mass is 16.5. The lowest BCUT2D eigenvalue weighted by Crippen LogP contribution is -2.35. The first-order chi connectivity index (χ1) is 17.2. The maximum atomic E-state index is 11.6. The summed E-state index contributed by atoms with van der Waals surface area (Å²) < 4.78 is 7.13. The van der Waals surface area contributed by atoms with Gasteiger partial charge in [0.25, 0.3) is 5.56 Å². The zero-order valence-electron chi connectivity index (χ0n) is 19.0. The maximum Gasteiger partial charge on any atom is 0.293 e. The Labute approximate surface area is 202 Å². The lowest BCUT2D eigenvalue weighted by atomic mass is 10.1. The predicted molar refractivity (Wildman–Crippen MR) is 130 cm³/mol. The number of aromatic amines is 1. The summed E-state index contributed by atoms with van der Waals surface area (Å²) in [6, 6.07) is 16.1. The summed E-state index contributed by atoms with van der Waals surface area (Å²) in [5, 5.41) is 18.1. The number of nitrogens with zero attached hydrogens (tertiary/aromatic N) is 5. The molecule has 0 amide bonds. The SMILES string of the molecule is O=c1[nH]cnc(Cn2cnnc2-c2ccc(C#Cc3ccc(CN4CCOCC4)cc3)cc2)c1O. The average molecular weight is 469 g/mol.